The van der Waals surface area contributed by atoms with E-state index < -0.39 is 10.9 Å². The molecule has 0 saturated carbocycles. The van der Waals surface area contributed by atoms with Gasteiger partial charge < -0.3 is 11.1 Å². The molecule has 0 aliphatic rings. The van der Waals surface area contributed by atoms with Crippen molar-refractivity contribution < 1.29 is 0 Å². The van der Waals surface area contributed by atoms with Gasteiger partial charge in [-0.1, -0.05) is 0 Å². The smallest absolute Gasteiger partial charge is 0.248 e. The van der Waals surface area contributed by atoms with E-state index in [2.05, 4.69) is 11.1 Å². The summed E-state index contributed by atoms with van der Waals surface area (Å²) in [7, 11) is 3.11. The minimum Gasteiger partial charge on any atom is -0.385 e. The van der Waals surface area contributed by atoms with Crippen LogP contribution in [0.2, 0.25) is 0 Å². The summed E-state index contributed by atoms with van der Waals surface area (Å²) >= 11 is 0. The molecule has 56 valence electrons. The molecule has 4 heteroatoms. The normalized spacial score (nSPS) is 8.30. The van der Waals surface area contributed by atoms with E-state index >= 15 is 0 Å². The van der Waals surface area contributed by atoms with Gasteiger partial charge in [-0.3, -0.25) is 9.59 Å². The molecule has 0 unspecified atom stereocenters. The minimum absolute atomic E-state index is 0.408. The van der Waals surface area contributed by atoms with Gasteiger partial charge in [-0.15, -0.1) is 0 Å². The van der Waals surface area contributed by atoms with Crippen molar-refractivity contribution in [2.24, 2.45) is 5.73 Å². The second-order valence-electron chi connectivity index (χ2n) is 1.50. The van der Waals surface area contributed by atoms with Crippen molar-refractivity contribution in [3.63, 3.8) is 0 Å². The van der Waals surface area contributed by atoms with E-state index in [9.17, 15) is 9.59 Å². The van der Waals surface area contributed by atoms with Gasteiger partial charge >= 0.3 is 0 Å². The molecule has 0 saturated heterocycles. The van der Waals surface area contributed by atoms with Gasteiger partial charge in [0.1, 0.15) is 0 Å². The highest BCUT2D eigenvalue weighted by Crippen LogP contribution is 1.89. The zero-order valence-corrected chi connectivity index (χ0v) is 5.97. The van der Waals surface area contributed by atoms with Crippen molar-refractivity contribution in [3.8, 4) is 0 Å². The summed E-state index contributed by atoms with van der Waals surface area (Å²) in [5.41, 5.74) is 4.09. The van der Waals surface area contributed by atoms with Gasteiger partial charge in [0.15, 0.2) is 0 Å². The summed E-state index contributed by atoms with van der Waals surface area (Å²) in [6.07, 6.45) is 0. The molecule has 0 atom stereocenters. The molecule has 0 aliphatic heterocycles. The molecule has 1 aromatic rings. The number of nitrogens with one attached hydrogen (secondary N) is 1. The molecule has 0 heterocycles. The van der Waals surface area contributed by atoms with Gasteiger partial charge in [0.05, 0.1) is 5.69 Å². The lowest BCUT2D eigenvalue weighted by molar-refractivity contribution is 1.36. The molecule has 10 heavy (non-hydrogen) atoms. The van der Waals surface area contributed by atoms with Gasteiger partial charge in [0.2, 0.25) is 10.9 Å². The lowest BCUT2D eigenvalue weighted by Gasteiger charge is -1.95. The average Bonchev–Trinajstić information content (AvgIpc) is 2.03. The van der Waals surface area contributed by atoms with Crippen molar-refractivity contribution in [3.05, 3.63) is 26.5 Å². The predicted molar refractivity (Wildman–Crippen MR) is 41.0 cm³/mol. The molecule has 3 N–H and O–H groups in total. The first-order valence-corrected chi connectivity index (χ1v) is 2.81. The van der Waals surface area contributed by atoms with Crippen molar-refractivity contribution in [2.75, 3.05) is 19.4 Å². The highest BCUT2D eigenvalue weighted by molar-refractivity contribution is 5.46. The molecule has 4 nitrogen and oxygen atoms in total. The van der Waals surface area contributed by atoms with Crippen LogP contribution in [0.3, 0.4) is 0 Å². The zero-order valence-electron chi connectivity index (χ0n) is 5.97. The average molecular weight is 142 g/mol. The molecule has 0 fully saturated rings. The van der Waals surface area contributed by atoms with Crippen LogP contribution in [-0.2, 0) is 0 Å². The molecule has 0 aliphatic carbocycles. The van der Waals surface area contributed by atoms with Gasteiger partial charge in [-0.25, -0.2) is 0 Å². The van der Waals surface area contributed by atoms with E-state index in [0.717, 1.165) is 0 Å². The molecule has 0 bridgehead atoms. The third-order valence-corrected chi connectivity index (χ3v) is 1.01. The monoisotopic (exact) mass is 142 g/mol. The van der Waals surface area contributed by atoms with Gasteiger partial charge in [-0.05, 0) is 7.05 Å². The Balaban J connectivity index is 0.000000371. The Morgan fingerprint density at radius 1 is 1.40 bits per heavy atom. The molecule has 1 aromatic carbocycles. The van der Waals surface area contributed by atoms with Crippen molar-refractivity contribution in [2.45, 2.75) is 0 Å². The Morgan fingerprint density at radius 2 is 1.90 bits per heavy atom. The van der Waals surface area contributed by atoms with E-state index in [1.165, 1.54) is 13.1 Å². The fraction of sp³-hybridized carbons (Fsp3) is 0.333. The first-order valence-electron chi connectivity index (χ1n) is 2.81. The van der Waals surface area contributed by atoms with Crippen molar-refractivity contribution >= 4 is 5.69 Å². The highest BCUT2D eigenvalue weighted by atomic mass is 16.2. The Kier molecular flexibility index (Phi) is 3.35. The number of rotatable bonds is 1. The van der Waals surface area contributed by atoms with Crippen LogP contribution in [0, 0.1) is 0 Å². The maximum atomic E-state index is 10.3. The van der Waals surface area contributed by atoms with Crippen molar-refractivity contribution in [1.29, 1.82) is 0 Å². The summed E-state index contributed by atoms with van der Waals surface area (Å²) in [6, 6.07) is 1.28. The minimum atomic E-state index is -0.410. The Morgan fingerprint density at radius 3 is 2.00 bits per heavy atom. The predicted octanol–water partition coefficient (Wildman–Crippen LogP) is -1.10. The maximum absolute atomic E-state index is 10.3. The molecular formula is C6H10N2O2. The highest BCUT2D eigenvalue weighted by Gasteiger charge is 2.04. The molecule has 0 spiro atoms. The molecule has 0 aromatic heterocycles. The summed E-state index contributed by atoms with van der Waals surface area (Å²) in [4.78, 5) is 20.4. The van der Waals surface area contributed by atoms with E-state index in [-0.39, 0.29) is 0 Å². The van der Waals surface area contributed by atoms with Crippen LogP contribution in [0.1, 0.15) is 0 Å². The molecule has 0 radical (unpaired) electrons. The van der Waals surface area contributed by atoms with Gasteiger partial charge in [-0.2, -0.15) is 0 Å². The Labute approximate surface area is 58.4 Å². The topological polar surface area (TPSA) is 72.2 Å². The fourth-order valence-electron chi connectivity index (χ4n) is 0.503. The summed E-state index contributed by atoms with van der Waals surface area (Å²) in [5, 5.41) is 2.57. The zero-order chi connectivity index (χ0) is 8.15. The molecular weight excluding hydrogens is 132 g/mol. The van der Waals surface area contributed by atoms with Crippen LogP contribution in [0.4, 0.5) is 5.69 Å². The van der Waals surface area contributed by atoms with Crippen LogP contribution in [0.15, 0.2) is 15.7 Å². The van der Waals surface area contributed by atoms with Crippen LogP contribution in [-0.4, -0.2) is 14.1 Å². The maximum Gasteiger partial charge on any atom is 0.248 e. The second kappa shape index (κ2) is 3.79. The SMILES string of the molecule is CN.CNc1cc(=O)c1=O. The third kappa shape index (κ3) is 1.41. The summed E-state index contributed by atoms with van der Waals surface area (Å²) in [6.45, 7) is 0. The van der Waals surface area contributed by atoms with Gasteiger partial charge in [0.25, 0.3) is 0 Å². The number of anilines is 1. The van der Waals surface area contributed by atoms with Crippen LogP contribution in [0.5, 0.6) is 0 Å². The van der Waals surface area contributed by atoms with Crippen LogP contribution < -0.4 is 21.9 Å². The summed E-state index contributed by atoms with van der Waals surface area (Å²) in [5.74, 6) is 0. The number of hydrogen-bond acceptors (Lipinski definition) is 4. The quantitative estimate of drug-likeness (QED) is 0.488. The first kappa shape index (κ1) is 8.84. The summed E-state index contributed by atoms with van der Waals surface area (Å²) < 4.78 is 0. The third-order valence-electron chi connectivity index (χ3n) is 1.01. The van der Waals surface area contributed by atoms with Crippen LogP contribution >= 0.6 is 0 Å². The largest absolute Gasteiger partial charge is 0.385 e. The second-order valence-corrected chi connectivity index (χ2v) is 1.50. The van der Waals surface area contributed by atoms with E-state index in [1.807, 2.05) is 0 Å². The lowest BCUT2D eigenvalue weighted by Crippen LogP contribution is -2.31. The molecule has 1 rings (SSSR count). The van der Waals surface area contributed by atoms with E-state index in [1.54, 1.807) is 7.05 Å². The number of nitrogens with two attached hydrogens (primary N) is 1. The standard InChI is InChI=1S/C5H5NO2.CH5N/c1-6-3-2-4(7)5(3)8;1-2/h2,6H,1H3;2H2,1H3. The van der Waals surface area contributed by atoms with E-state index in [4.69, 9.17) is 0 Å². The van der Waals surface area contributed by atoms with Gasteiger partial charge in [0, 0.05) is 13.1 Å². The lowest BCUT2D eigenvalue weighted by atomic mass is 10.3. The Hall–Kier alpha value is -1.16. The number of hydrogen-bond donors (Lipinski definition) is 2. The van der Waals surface area contributed by atoms with E-state index in [0.29, 0.717) is 5.69 Å². The fourth-order valence-corrected chi connectivity index (χ4v) is 0.503. The molecule has 0 amide bonds. The van der Waals surface area contributed by atoms with Crippen LogP contribution in [0.25, 0.3) is 0 Å². The Bertz CT molecular complexity index is 260. The first-order chi connectivity index (χ1) is 4.75. The van der Waals surface area contributed by atoms with Crippen molar-refractivity contribution in [1.82, 2.24) is 0 Å².